The van der Waals surface area contributed by atoms with Crippen molar-refractivity contribution in [1.29, 1.82) is 0 Å². The van der Waals surface area contributed by atoms with Crippen LogP contribution >= 0.6 is 11.8 Å². The van der Waals surface area contributed by atoms with Crippen LogP contribution in [0.15, 0.2) is 48.5 Å². The molecule has 2 aromatic rings. The standard InChI is InChI=1S/C23H20F3N3O3S/c1-33-10-9-16-17-18(22(28-16)14-7-2-3-8-15(14)27-21(22)32)20(31)29(19(17)30)13-6-4-5-12(11-13)23(24,25)26/h2-8,11,16-18,28H,9-10H2,1H3,(H,27,32). The highest BCUT2D eigenvalue weighted by Gasteiger charge is 2.70. The topological polar surface area (TPSA) is 78.5 Å². The van der Waals surface area contributed by atoms with E-state index in [-0.39, 0.29) is 5.69 Å². The summed E-state index contributed by atoms with van der Waals surface area (Å²) in [5, 5.41) is 6.10. The molecule has 4 unspecified atom stereocenters. The van der Waals surface area contributed by atoms with Crippen molar-refractivity contribution in [2.75, 3.05) is 22.2 Å². The number of imide groups is 1. The number of benzene rings is 2. The summed E-state index contributed by atoms with van der Waals surface area (Å²) in [6, 6.07) is 10.7. The average Bonchev–Trinajstić information content (AvgIpc) is 3.36. The van der Waals surface area contributed by atoms with E-state index in [0.29, 0.717) is 23.4 Å². The molecule has 3 heterocycles. The minimum Gasteiger partial charge on any atom is -0.324 e. The largest absolute Gasteiger partial charge is 0.416 e. The third-order valence-corrected chi connectivity index (χ3v) is 7.33. The van der Waals surface area contributed by atoms with Crippen molar-refractivity contribution >= 4 is 40.9 Å². The molecular weight excluding hydrogens is 455 g/mol. The number of halogens is 3. The van der Waals surface area contributed by atoms with Gasteiger partial charge in [0.05, 0.1) is 23.1 Å². The van der Waals surface area contributed by atoms with Crippen molar-refractivity contribution in [3.05, 3.63) is 59.7 Å². The molecule has 3 aliphatic heterocycles. The van der Waals surface area contributed by atoms with Crippen LogP contribution in [-0.2, 0) is 26.1 Å². The van der Waals surface area contributed by atoms with E-state index in [0.717, 1.165) is 17.0 Å². The molecule has 0 radical (unpaired) electrons. The van der Waals surface area contributed by atoms with Gasteiger partial charge in [0.2, 0.25) is 17.7 Å². The van der Waals surface area contributed by atoms with E-state index in [1.807, 2.05) is 6.26 Å². The van der Waals surface area contributed by atoms with Crippen LogP contribution in [0, 0.1) is 11.8 Å². The van der Waals surface area contributed by atoms with Gasteiger partial charge in [0, 0.05) is 17.3 Å². The number of nitrogens with one attached hydrogen (secondary N) is 2. The first-order valence-electron chi connectivity index (χ1n) is 10.4. The molecule has 0 saturated carbocycles. The van der Waals surface area contributed by atoms with Gasteiger partial charge >= 0.3 is 6.18 Å². The zero-order valence-electron chi connectivity index (χ0n) is 17.5. The summed E-state index contributed by atoms with van der Waals surface area (Å²) >= 11 is 1.57. The van der Waals surface area contributed by atoms with E-state index < -0.39 is 52.9 Å². The van der Waals surface area contributed by atoms with Gasteiger partial charge in [-0.05, 0) is 42.7 Å². The summed E-state index contributed by atoms with van der Waals surface area (Å²) in [5.41, 5.74) is -1.42. The van der Waals surface area contributed by atoms with E-state index in [9.17, 15) is 27.6 Å². The van der Waals surface area contributed by atoms with Crippen molar-refractivity contribution in [2.24, 2.45) is 11.8 Å². The van der Waals surface area contributed by atoms with Gasteiger partial charge in [0.1, 0.15) is 5.54 Å². The molecule has 10 heteroatoms. The Labute approximate surface area is 191 Å². The predicted molar refractivity (Wildman–Crippen MR) is 118 cm³/mol. The molecular formula is C23H20F3N3O3S. The summed E-state index contributed by atoms with van der Waals surface area (Å²) in [4.78, 5) is 41.3. The van der Waals surface area contributed by atoms with E-state index >= 15 is 0 Å². The minimum absolute atomic E-state index is 0.139. The molecule has 3 aliphatic rings. The number of rotatable bonds is 4. The second-order valence-electron chi connectivity index (χ2n) is 8.40. The Morgan fingerprint density at radius 1 is 1.06 bits per heavy atom. The van der Waals surface area contributed by atoms with Crippen LogP contribution in [0.2, 0.25) is 0 Å². The fourth-order valence-electron chi connectivity index (χ4n) is 5.33. The average molecular weight is 475 g/mol. The van der Waals surface area contributed by atoms with Crippen LogP contribution in [0.5, 0.6) is 0 Å². The number of hydrogen-bond acceptors (Lipinski definition) is 5. The van der Waals surface area contributed by atoms with Crippen LogP contribution in [0.1, 0.15) is 17.5 Å². The molecule has 172 valence electrons. The highest BCUT2D eigenvalue weighted by Crippen LogP contribution is 2.54. The molecule has 2 N–H and O–H groups in total. The Morgan fingerprint density at radius 3 is 2.55 bits per heavy atom. The Hall–Kier alpha value is -2.85. The van der Waals surface area contributed by atoms with Gasteiger partial charge in [-0.25, -0.2) is 4.90 Å². The zero-order chi connectivity index (χ0) is 23.5. The molecule has 3 amide bonds. The molecule has 1 spiro atoms. The maximum Gasteiger partial charge on any atom is 0.416 e. The number of amides is 3. The first kappa shape index (κ1) is 22.0. The molecule has 2 saturated heterocycles. The SMILES string of the molecule is CSCCC1NC2(C(=O)Nc3ccccc32)C2C(=O)N(c3cccc(C(F)(F)F)c3)C(=O)C12. The lowest BCUT2D eigenvalue weighted by Crippen LogP contribution is -2.53. The van der Waals surface area contributed by atoms with Crippen LogP contribution < -0.4 is 15.5 Å². The quantitative estimate of drug-likeness (QED) is 0.663. The first-order valence-corrected chi connectivity index (χ1v) is 11.8. The van der Waals surface area contributed by atoms with E-state index in [1.54, 1.807) is 36.0 Å². The second kappa shape index (κ2) is 7.59. The van der Waals surface area contributed by atoms with Crippen LogP contribution in [0.25, 0.3) is 0 Å². The first-order chi connectivity index (χ1) is 15.7. The second-order valence-corrected chi connectivity index (χ2v) is 9.39. The smallest absolute Gasteiger partial charge is 0.324 e. The van der Waals surface area contributed by atoms with Gasteiger partial charge in [-0.1, -0.05) is 24.3 Å². The molecule has 33 heavy (non-hydrogen) atoms. The predicted octanol–water partition coefficient (Wildman–Crippen LogP) is 3.38. The van der Waals surface area contributed by atoms with Gasteiger partial charge in [-0.15, -0.1) is 0 Å². The number of para-hydroxylation sites is 1. The lowest BCUT2D eigenvalue weighted by molar-refractivity contribution is -0.137. The molecule has 2 fully saturated rings. The number of alkyl halides is 3. The van der Waals surface area contributed by atoms with Gasteiger partial charge in [-0.2, -0.15) is 24.9 Å². The zero-order valence-corrected chi connectivity index (χ0v) is 18.3. The lowest BCUT2D eigenvalue weighted by atomic mass is 9.76. The summed E-state index contributed by atoms with van der Waals surface area (Å²) in [6.07, 6.45) is -2.18. The summed E-state index contributed by atoms with van der Waals surface area (Å²) in [5.74, 6) is -2.93. The molecule has 2 aromatic carbocycles. The molecule has 0 bridgehead atoms. The number of anilines is 2. The van der Waals surface area contributed by atoms with Crippen molar-refractivity contribution in [2.45, 2.75) is 24.2 Å². The van der Waals surface area contributed by atoms with Crippen LogP contribution in [0.3, 0.4) is 0 Å². The van der Waals surface area contributed by atoms with E-state index in [4.69, 9.17) is 0 Å². The fourth-order valence-corrected chi connectivity index (χ4v) is 5.82. The summed E-state index contributed by atoms with van der Waals surface area (Å²) < 4.78 is 39.9. The van der Waals surface area contributed by atoms with Crippen molar-refractivity contribution in [3.8, 4) is 0 Å². The lowest BCUT2D eigenvalue weighted by Gasteiger charge is -2.29. The molecule has 0 aliphatic carbocycles. The number of carbonyl (C=O) groups excluding carboxylic acids is 3. The highest BCUT2D eigenvalue weighted by atomic mass is 32.2. The fraction of sp³-hybridized carbons (Fsp3) is 0.348. The van der Waals surface area contributed by atoms with Gasteiger partial charge in [-0.3, -0.25) is 19.7 Å². The highest BCUT2D eigenvalue weighted by molar-refractivity contribution is 7.98. The van der Waals surface area contributed by atoms with Crippen molar-refractivity contribution in [3.63, 3.8) is 0 Å². The van der Waals surface area contributed by atoms with Gasteiger partial charge in [0.25, 0.3) is 0 Å². The third kappa shape index (κ3) is 3.11. The van der Waals surface area contributed by atoms with Crippen molar-refractivity contribution < 1.29 is 27.6 Å². The van der Waals surface area contributed by atoms with Crippen LogP contribution in [-0.4, -0.2) is 35.8 Å². The maximum atomic E-state index is 13.7. The Bertz CT molecular complexity index is 1170. The third-order valence-electron chi connectivity index (χ3n) is 6.69. The minimum atomic E-state index is -4.62. The summed E-state index contributed by atoms with van der Waals surface area (Å²) in [7, 11) is 0. The normalized spacial score (nSPS) is 28.4. The van der Waals surface area contributed by atoms with Gasteiger partial charge < -0.3 is 5.32 Å². The Balaban J connectivity index is 1.63. The van der Waals surface area contributed by atoms with E-state index in [2.05, 4.69) is 10.6 Å². The number of fused-ring (bicyclic) bond motifs is 4. The number of hydrogen-bond donors (Lipinski definition) is 2. The van der Waals surface area contributed by atoms with E-state index in [1.165, 1.54) is 12.1 Å². The van der Waals surface area contributed by atoms with Crippen LogP contribution in [0.4, 0.5) is 24.5 Å². The molecule has 5 rings (SSSR count). The number of carbonyl (C=O) groups is 3. The van der Waals surface area contributed by atoms with Crippen molar-refractivity contribution in [1.82, 2.24) is 5.32 Å². The molecule has 0 aromatic heterocycles. The summed E-state index contributed by atoms with van der Waals surface area (Å²) in [6.45, 7) is 0. The number of nitrogens with zero attached hydrogens (tertiary/aromatic N) is 1. The molecule has 6 nitrogen and oxygen atoms in total. The van der Waals surface area contributed by atoms with Gasteiger partial charge in [0.15, 0.2) is 0 Å². The number of thioether (sulfide) groups is 1. The molecule has 4 atom stereocenters. The maximum absolute atomic E-state index is 13.7. The monoisotopic (exact) mass is 475 g/mol. The Kier molecular flexibility index (Phi) is 5.06. The Morgan fingerprint density at radius 2 is 1.82 bits per heavy atom.